The summed E-state index contributed by atoms with van der Waals surface area (Å²) in [5, 5.41) is 9.83. The number of furan rings is 1. The molecule has 0 N–H and O–H groups in total. The van der Waals surface area contributed by atoms with Crippen molar-refractivity contribution in [2.45, 2.75) is 19.5 Å². The zero-order valence-electron chi connectivity index (χ0n) is 22.0. The number of aromatic nitrogens is 2. The van der Waals surface area contributed by atoms with Gasteiger partial charge in [0, 0.05) is 68.9 Å². The Labute approximate surface area is 226 Å². The Balaban J connectivity index is 1.31. The number of rotatable bonds is 4. The van der Waals surface area contributed by atoms with Gasteiger partial charge in [-0.05, 0) is 55.8 Å². The SMILES string of the molecule is Cc1cc(C(=O)N2CCN(C)CC2)ncc1-c1cc2nccc(-c3ccc(N4CCC(F)C4)c(C#N)c3)c2o1. The number of anilines is 1. The summed E-state index contributed by atoms with van der Waals surface area (Å²) >= 11 is 0. The summed E-state index contributed by atoms with van der Waals surface area (Å²) in [5.41, 5.74) is 6.27. The van der Waals surface area contributed by atoms with E-state index in [2.05, 4.69) is 28.0 Å². The molecule has 198 valence electrons. The summed E-state index contributed by atoms with van der Waals surface area (Å²) < 4.78 is 20.1. The molecule has 0 spiro atoms. The van der Waals surface area contributed by atoms with Crippen molar-refractivity contribution in [1.29, 1.82) is 5.26 Å². The number of alkyl halides is 1. The molecule has 2 aliphatic rings. The molecule has 3 aromatic heterocycles. The van der Waals surface area contributed by atoms with Gasteiger partial charge in [-0.25, -0.2) is 4.39 Å². The number of nitrogens with zero attached hydrogens (tertiary/aromatic N) is 6. The van der Waals surface area contributed by atoms with Gasteiger partial charge in [-0.3, -0.25) is 14.8 Å². The van der Waals surface area contributed by atoms with Gasteiger partial charge in [-0.1, -0.05) is 6.07 Å². The molecule has 0 bridgehead atoms. The van der Waals surface area contributed by atoms with Crippen LogP contribution in [0.5, 0.6) is 0 Å². The molecule has 39 heavy (non-hydrogen) atoms. The van der Waals surface area contributed by atoms with Gasteiger partial charge in [0.1, 0.15) is 29.2 Å². The fraction of sp³-hybridized carbons (Fsp3) is 0.333. The van der Waals surface area contributed by atoms with Gasteiger partial charge in [0.15, 0.2) is 5.58 Å². The van der Waals surface area contributed by atoms with E-state index in [1.54, 1.807) is 12.4 Å². The lowest BCUT2D eigenvalue weighted by molar-refractivity contribution is 0.0658. The van der Waals surface area contributed by atoms with Crippen molar-refractivity contribution < 1.29 is 13.6 Å². The second-order valence-corrected chi connectivity index (χ2v) is 10.3. The summed E-state index contributed by atoms with van der Waals surface area (Å²) in [5.74, 6) is 0.552. The Morgan fingerprint density at radius 3 is 2.62 bits per heavy atom. The Morgan fingerprint density at radius 2 is 1.90 bits per heavy atom. The molecule has 8 nitrogen and oxygen atoms in total. The minimum Gasteiger partial charge on any atom is -0.454 e. The van der Waals surface area contributed by atoms with E-state index < -0.39 is 6.17 Å². The molecule has 6 rings (SSSR count). The molecule has 0 saturated carbocycles. The van der Waals surface area contributed by atoms with Gasteiger partial charge in [0.05, 0.1) is 11.3 Å². The number of likely N-dealkylation sites (N-methyl/N-ethyl adjacent to an activating group) is 1. The highest BCUT2D eigenvalue weighted by atomic mass is 19.1. The van der Waals surface area contributed by atoms with Crippen LogP contribution < -0.4 is 4.90 Å². The van der Waals surface area contributed by atoms with E-state index in [9.17, 15) is 14.4 Å². The van der Waals surface area contributed by atoms with Crippen molar-refractivity contribution in [3.63, 3.8) is 0 Å². The molecule has 9 heteroatoms. The number of halogens is 1. The summed E-state index contributed by atoms with van der Waals surface area (Å²) in [6.07, 6.45) is 3.02. The highest BCUT2D eigenvalue weighted by molar-refractivity contribution is 5.95. The van der Waals surface area contributed by atoms with Crippen molar-refractivity contribution >= 4 is 22.7 Å². The van der Waals surface area contributed by atoms with Crippen LogP contribution in [0.2, 0.25) is 0 Å². The van der Waals surface area contributed by atoms with Gasteiger partial charge in [-0.2, -0.15) is 5.26 Å². The Bertz CT molecular complexity index is 1600. The molecule has 0 aliphatic carbocycles. The summed E-state index contributed by atoms with van der Waals surface area (Å²) in [6, 6.07) is 13.5. The lowest BCUT2D eigenvalue weighted by atomic mass is 10.0. The lowest BCUT2D eigenvalue weighted by Gasteiger charge is -2.32. The molecule has 2 aliphatic heterocycles. The van der Waals surface area contributed by atoms with Gasteiger partial charge in [0.2, 0.25) is 0 Å². The van der Waals surface area contributed by atoms with E-state index in [1.165, 1.54) is 0 Å². The van der Waals surface area contributed by atoms with Gasteiger partial charge < -0.3 is 19.1 Å². The van der Waals surface area contributed by atoms with Crippen molar-refractivity contribution in [2.75, 3.05) is 51.2 Å². The highest BCUT2D eigenvalue weighted by Gasteiger charge is 2.25. The molecular formula is C30H29FN6O2. The minimum atomic E-state index is -0.866. The predicted molar refractivity (Wildman–Crippen MR) is 147 cm³/mol. The zero-order chi connectivity index (χ0) is 27.1. The van der Waals surface area contributed by atoms with E-state index in [0.717, 1.165) is 41.0 Å². The maximum absolute atomic E-state index is 13.8. The molecule has 0 radical (unpaired) electrons. The number of amides is 1. The normalized spacial score (nSPS) is 18.1. The Morgan fingerprint density at radius 1 is 1.08 bits per heavy atom. The van der Waals surface area contributed by atoms with Crippen LogP contribution in [0.3, 0.4) is 0 Å². The van der Waals surface area contributed by atoms with Gasteiger partial charge in [-0.15, -0.1) is 0 Å². The van der Waals surface area contributed by atoms with Crippen molar-refractivity contribution in [3.05, 3.63) is 65.6 Å². The summed E-state index contributed by atoms with van der Waals surface area (Å²) in [4.78, 5) is 27.9. The number of piperazine rings is 1. The number of nitriles is 1. The fourth-order valence-corrected chi connectivity index (χ4v) is 5.41. The molecule has 2 saturated heterocycles. The molecular weight excluding hydrogens is 495 g/mol. The van der Waals surface area contributed by atoms with Crippen LogP contribution in [0, 0.1) is 18.3 Å². The van der Waals surface area contributed by atoms with Crippen molar-refractivity contribution in [3.8, 4) is 28.5 Å². The van der Waals surface area contributed by atoms with Crippen LogP contribution in [0.1, 0.15) is 28.0 Å². The van der Waals surface area contributed by atoms with Gasteiger partial charge >= 0.3 is 0 Å². The Hall–Kier alpha value is -4.29. The number of benzene rings is 1. The van der Waals surface area contributed by atoms with Gasteiger partial charge in [0.25, 0.3) is 5.91 Å². The van der Waals surface area contributed by atoms with E-state index in [4.69, 9.17) is 4.42 Å². The largest absolute Gasteiger partial charge is 0.454 e. The number of aryl methyl sites for hydroxylation is 1. The fourth-order valence-electron chi connectivity index (χ4n) is 5.41. The first-order valence-electron chi connectivity index (χ1n) is 13.2. The first kappa shape index (κ1) is 25.0. The first-order valence-corrected chi connectivity index (χ1v) is 13.2. The van der Waals surface area contributed by atoms with Crippen LogP contribution in [-0.2, 0) is 0 Å². The average molecular weight is 525 g/mol. The van der Waals surface area contributed by atoms with Crippen LogP contribution in [-0.4, -0.2) is 78.2 Å². The van der Waals surface area contributed by atoms with Crippen LogP contribution in [0.25, 0.3) is 33.6 Å². The van der Waals surface area contributed by atoms with Crippen LogP contribution in [0.4, 0.5) is 10.1 Å². The third-order valence-corrected chi connectivity index (χ3v) is 7.70. The molecule has 4 aromatic rings. The highest BCUT2D eigenvalue weighted by Crippen LogP contribution is 2.36. The van der Waals surface area contributed by atoms with Crippen molar-refractivity contribution in [2.24, 2.45) is 0 Å². The third kappa shape index (κ3) is 4.72. The summed E-state index contributed by atoms with van der Waals surface area (Å²) in [7, 11) is 2.06. The average Bonchev–Trinajstić information content (AvgIpc) is 3.58. The topological polar surface area (TPSA) is 89.5 Å². The number of hydrogen-bond acceptors (Lipinski definition) is 7. The van der Waals surface area contributed by atoms with E-state index in [0.29, 0.717) is 60.7 Å². The maximum atomic E-state index is 13.8. The molecule has 1 atom stereocenters. The molecule has 1 aromatic carbocycles. The summed E-state index contributed by atoms with van der Waals surface area (Å²) in [6.45, 7) is 5.94. The van der Waals surface area contributed by atoms with E-state index in [-0.39, 0.29) is 5.91 Å². The molecule has 5 heterocycles. The molecule has 2 fully saturated rings. The van der Waals surface area contributed by atoms with E-state index in [1.807, 2.05) is 53.1 Å². The third-order valence-electron chi connectivity index (χ3n) is 7.70. The first-order chi connectivity index (χ1) is 18.9. The predicted octanol–water partition coefficient (Wildman–Crippen LogP) is 4.67. The molecule has 1 unspecified atom stereocenters. The number of hydrogen-bond donors (Lipinski definition) is 0. The minimum absolute atomic E-state index is 0.0565. The number of pyridine rings is 2. The second-order valence-electron chi connectivity index (χ2n) is 10.3. The second kappa shape index (κ2) is 10.1. The zero-order valence-corrected chi connectivity index (χ0v) is 22.0. The standard InChI is InChI=1S/C30H29FN6O2/c1-19-13-26(30(38)36-11-9-35(2)10-12-36)34-17-24(19)28-15-25-29(39-28)23(5-7-33-25)20-3-4-27(21(14-20)16-32)37-8-6-22(31)18-37/h3-5,7,13-15,17,22H,6,8-12,18H2,1-2H3. The monoisotopic (exact) mass is 524 g/mol. The maximum Gasteiger partial charge on any atom is 0.272 e. The Kier molecular flexibility index (Phi) is 6.49. The number of carbonyl (C=O) groups is 1. The number of fused-ring (bicyclic) bond motifs is 1. The van der Waals surface area contributed by atoms with Crippen molar-refractivity contribution in [1.82, 2.24) is 19.8 Å². The lowest BCUT2D eigenvalue weighted by Crippen LogP contribution is -2.47. The van der Waals surface area contributed by atoms with Crippen LogP contribution >= 0.6 is 0 Å². The van der Waals surface area contributed by atoms with Crippen LogP contribution in [0.15, 0.2) is 53.2 Å². The van der Waals surface area contributed by atoms with E-state index >= 15 is 0 Å². The smallest absolute Gasteiger partial charge is 0.272 e. The number of carbonyl (C=O) groups excluding carboxylic acids is 1. The molecule has 1 amide bonds. The quantitative estimate of drug-likeness (QED) is 0.383.